The van der Waals surface area contributed by atoms with Crippen molar-refractivity contribution < 1.29 is 14.5 Å². The van der Waals surface area contributed by atoms with Gasteiger partial charge in [-0.05, 0) is 13.8 Å². The monoisotopic (exact) mass is 156 g/mol. The predicted octanol–water partition coefficient (Wildman–Crippen LogP) is 0.312. The minimum Gasteiger partial charge on any atom is -0.395 e. The van der Waals surface area contributed by atoms with Gasteiger partial charge in [0.1, 0.15) is 12.3 Å². The number of rotatable bonds is 2. The first-order chi connectivity index (χ1) is 5.25. The van der Waals surface area contributed by atoms with Gasteiger partial charge in [-0.1, -0.05) is 10.3 Å². The van der Waals surface area contributed by atoms with Gasteiger partial charge in [-0.25, -0.2) is 4.79 Å². The molecule has 0 aromatic rings. The van der Waals surface area contributed by atoms with E-state index < -0.39 is 5.97 Å². The first kappa shape index (κ1) is 7.71. The third-order valence-electron chi connectivity index (χ3n) is 1.09. The normalized spacial score (nSPS) is 20.0. The van der Waals surface area contributed by atoms with E-state index in [4.69, 9.17) is 0 Å². The number of hydrogen-bond acceptors (Lipinski definition) is 5. The molecule has 1 heterocycles. The van der Waals surface area contributed by atoms with Crippen molar-refractivity contribution in [3.05, 3.63) is 0 Å². The van der Waals surface area contributed by atoms with E-state index in [2.05, 4.69) is 20.0 Å². The van der Waals surface area contributed by atoms with E-state index in [1.165, 1.54) is 0 Å². The molecule has 11 heavy (non-hydrogen) atoms. The molecule has 1 aliphatic heterocycles. The Morgan fingerprint density at radius 2 is 2.45 bits per heavy atom. The number of hydrogen-bond donors (Lipinski definition) is 0. The molecule has 0 saturated carbocycles. The average molecular weight is 156 g/mol. The highest BCUT2D eigenvalue weighted by Crippen LogP contribution is 2.00. The summed E-state index contributed by atoms with van der Waals surface area (Å²) >= 11 is 0. The lowest BCUT2D eigenvalue weighted by molar-refractivity contribution is -0.134. The fourth-order valence-corrected chi connectivity index (χ4v) is 0.577. The molecule has 5 heteroatoms. The largest absolute Gasteiger partial charge is 0.395 e. The second-order valence-electron chi connectivity index (χ2n) is 1.91. The van der Waals surface area contributed by atoms with Gasteiger partial charge in [-0.15, -0.1) is 0 Å². The van der Waals surface area contributed by atoms with Crippen molar-refractivity contribution in [1.82, 2.24) is 0 Å². The van der Waals surface area contributed by atoms with Gasteiger partial charge in [0.15, 0.2) is 0 Å². The van der Waals surface area contributed by atoms with Gasteiger partial charge in [0.2, 0.25) is 5.71 Å². The first-order valence-corrected chi connectivity index (χ1v) is 3.22. The second-order valence-corrected chi connectivity index (χ2v) is 1.91. The van der Waals surface area contributed by atoms with Crippen LogP contribution in [0.15, 0.2) is 10.3 Å². The molecule has 1 aliphatic rings. The molecule has 0 N–H and O–H groups in total. The van der Waals surface area contributed by atoms with E-state index in [1.54, 1.807) is 13.8 Å². The molecule has 1 rings (SSSR count). The van der Waals surface area contributed by atoms with Crippen molar-refractivity contribution in [1.29, 1.82) is 0 Å². The summed E-state index contributed by atoms with van der Waals surface area (Å²) in [5.41, 5.74) is 0.593. The standard InChI is InChI=1S/C6H8N2O3/c1-3-10-8-5-4(2)7-11-6(5)9/h3H2,1-2H3/b8-5-. The van der Waals surface area contributed by atoms with E-state index in [0.29, 0.717) is 12.3 Å². The Balaban J connectivity index is 2.69. The molecule has 0 aromatic carbocycles. The van der Waals surface area contributed by atoms with Crippen LogP contribution in [-0.2, 0) is 14.5 Å². The SMILES string of the molecule is CCO/N=C1\C(=O)ON=C1C. The fraction of sp³-hybridized carbons (Fsp3) is 0.500. The third kappa shape index (κ3) is 1.54. The molecule has 0 bridgehead atoms. The van der Waals surface area contributed by atoms with Gasteiger partial charge in [-0.3, -0.25) is 0 Å². The van der Waals surface area contributed by atoms with Crippen LogP contribution < -0.4 is 0 Å². The van der Waals surface area contributed by atoms with Crippen LogP contribution >= 0.6 is 0 Å². The van der Waals surface area contributed by atoms with E-state index in [9.17, 15) is 4.79 Å². The molecule has 0 unspecified atom stereocenters. The maximum Gasteiger partial charge on any atom is 0.389 e. The van der Waals surface area contributed by atoms with Gasteiger partial charge < -0.3 is 9.68 Å². The van der Waals surface area contributed by atoms with Crippen LogP contribution in [0.2, 0.25) is 0 Å². The lowest BCUT2D eigenvalue weighted by Gasteiger charge is -1.92. The highest BCUT2D eigenvalue weighted by atomic mass is 16.7. The van der Waals surface area contributed by atoms with Gasteiger partial charge in [0.05, 0.1) is 0 Å². The topological polar surface area (TPSA) is 60.2 Å². The van der Waals surface area contributed by atoms with Crippen LogP contribution in [0.4, 0.5) is 0 Å². The predicted molar refractivity (Wildman–Crippen MR) is 38.3 cm³/mol. The van der Waals surface area contributed by atoms with E-state index >= 15 is 0 Å². The summed E-state index contributed by atoms with van der Waals surface area (Å²) in [7, 11) is 0. The Hall–Kier alpha value is -1.39. The zero-order valence-electron chi connectivity index (χ0n) is 6.33. The summed E-state index contributed by atoms with van der Waals surface area (Å²) in [6, 6.07) is 0. The maximum atomic E-state index is 10.7. The molecular weight excluding hydrogens is 148 g/mol. The smallest absolute Gasteiger partial charge is 0.389 e. The minimum absolute atomic E-state index is 0.145. The first-order valence-electron chi connectivity index (χ1n) is 3.22. The quantitative estimate of drug-likeness (QED) is 0.427. The molecule has 0 aromatic heterocycles. The molecule has 5 nitrogen and oxygen atoms in total. The van der Waals surface area contributed by atoms with Crippen LogP contribution in [0, 0.1) is 0 Å². The summed E-state index contributed by atoms with van der Waals surface area (Å²) in [6.45, 7) is 3.82. The summed E-state index contributed by atoms with van der Waals surface area (Å²) in [4.78, 5) is 19.7. The zero-order chi connectivity index (χ0) is 8.27. The molecule has 0 fully saturated rings. The van der Waals surface area contributed by atoms with Gasteiger partial charge in [-0.2, -0.15) is 0 Å². The lowest BCUT2D eigenvalue weighted by atomic mass is 10.3. The fourth-order valence-electron chi connectivity index (χ4n) is 0.577. The molecule has 0 radical (unpaired) electrons. The van der Waals surface area contributed by atoms with E-state index in [0.717, 1.165) is 0 Å². The minimum atomic E-state index is -0.559. The van der Waals surface area contributed by atoms with Crippen molar-refractivity contribution in [3.8, 4) is 0 Å². The number of oxime groups is 2. The van der Waals surface area contributed by atoms with E-state index in [-0.39, 0.29) is 5.71 Å². The second kappa shape index (κ2) is 3.14. The van der Waals surface area contributed by atoms with Crippen molar-refractivity contribution >= 4 is 17.4 Å². The lowest BCUT2D eigenvalue weighted by Crippen LogP contribution is -2.15. The van der Waals surface area contributed by atoms with Crippen molar-refractivity contribution in [2.24, 2.45) is 10.3 Å². The van der Waals surface area contributed by atoms with Crippen LogP contribution in [0.5, 0.6) is 0 Å². The van der Waals surface area contributed by atoms with Crippen molar-refractivity contribution in [3.63, 3.8) is 0 Å². The summed E-state index contributed by atoms with van der Waals surface area (Å²) < 4.78 is 0. The Labute approximate surface area is 63.6 Å². The molecule has 0 spiro atoms. The summed E-state index contributed by atoms with van der Waals surface area (Å²) in [5.74, 6) is -0.559. The van der Waals surface area contributed by atoms with Crippen LogP contribution in [0.1, 0.15) is 13.8 Å². The van der Waals surface area contributed by atoms with Gasteiger partial charge in [0, 0.05) is 0 Å². The van der Waals surface area contributed by atoms with Gasteiger partial charge >= 0.3 is 5.97 Å². The van der Waals surface area contributed by atoms with Crippen molar-refractivity contribution in [2.75, 3.05) is 6.61 Å². The molecular formula is C6H8N2O3. The molecule has 0 saturated heterocycles. The van der Waals surface area contributed by atoms with Crippen LogP contribution in [0.3, 0.4) is 0 Å². The molecule has 60 valence electrons. The number of carbonyl (C=O) groups is 1. The summed E-state index contributed by atoms with van der Waals surface area (Å²) in [6.07, 6.45) is 0. The zero-order valence-corrected chi connectivity index (χ0v) is 6.33. The van der Waals surface area contributed by atoms with Crippen LogP contribution in [-0.4, -0.2) is 24.0 Å². The molecule has 0 atom stereocenters. The Bertz CT molecular complexity index is 232. The molecule has 0 aliphatic carbocycles. The Morgan fingerprint density at radius 3 is 2.91 bits per heavy atom. The van der Waals surface area contributed by atoms with Gasteiger partial charge in [0.25, 0.3) is 0 Å². The Kier molecular flexibility index (Phi) is 2.20. The molecule has 0 amide bonds. The third-order valence-corrected chi connectivity index (χ3v) is 1.09. The maximum absolute atomic E-state index is 10.7. The average Bonchev–Trinajstić information content (AvgIpc) is 2.29. The number of carbonyl (C=O) groups excluding carboxylic acids is 1. The Morgan fingerprint density at radius 1 is 1.73 bits per heavy atom. The highest BCUT2D eigenvalue weighted by Gasteiger charge is 2.24. The number of nitrogens with zero attached hydrogens (tertiary/aromatic N) is 2. The highest BCUT2D eigenvalue weighted by molar-refractivity contribution is 6.66. The van der Waals surface area contributed by atoms with Crippen molar-refractivity contribution in [2.45, 2.75) is 13.8 Å². The van der Waals surface area contributed by atoms with E-state index in [1.807, 2.05) is 0 Å². The summed E-state index contributed by atoms with van der Waals surface area (Å²) in [5, 5.41) is 6.92. The van der Waals surface area contributed by atoms with Crippen LogP contribution in [0.25, 0.3) is 0 Å².